The van der Waals surface area contributed by atoms with Gasteiger partial charge < -0.3 is 9.53 Å². The van der Waals surface area contributed by atoms with Gasteiger partial charge in [-0.2, -0.15) is 5.10 Å². The summed E-state index contributed by atoms with van der Waals surface area (Å²) in [5.41, 5.74) is -0.474. The van der Waals surface area contributed by atoms with Crippen LogP contribution in [0.4, 0.5) is 4.79 Å². The van der Waals surface area contributed by atoms with Gasteiger partial charge in [-0.1, -0.05) is 0 Å². The number of likely N-dealkylation sites (N-methyl/N-ethyl adjacent to an activating group) is 1. The van der Waals surface area contributed by atoms with Crippen LogP contribution in [0.2, 0.25) is 0 Å². The number of hydrogen-bond donors (Lipinski definition) is 1. The van der Waals surface area contributed by atoms with Crippen molar-refractivity contribution in [1.29, 1.82) is 0 Å². The van der Waals surface area contributed by atoms with E-state index in [2.05, 4.69) is 10.2 Å². The molecule has 1 aromatic rings. The van der Waals surface area contributed by atoms with Crippen LogP contribution in [0.5, 0.6) is 0 Å². The number of carbonyl (C=O) groups excluding carboxylic acids is 2. The smallest absolute Gasteiger partial charge is 0.411 e. The molecule has 1 amide bonds. The lowest BCUT2D eigenvalue weighted by molar-refractivity contribution is -0.117. The third kappa shape index (κ3) is 3.33. The Kier molecular flexibility index (Phi) is 4.03. The standard InChI is InChI=1S/C13H21N3O3/c1-9-7-10(15-14-9)13(5,8-17)16(6)11(18)19-12(2,3)4/h7-8H,1-6H3,(H,14,15). The van der Waals surface area contributed by atoms with Gasteiger partial charge >= 0.3 is 6.09 Å². The largest absolute Gasteiger partial charge is 0.444 e. The van der Waals surface area contributed by atoms with E-state index < -0.39 is 17.2 Å². The van der Waals surface area contributed by atoms with Gasteiger partial charge in [0.15, 0.2) is 6.29 Å². The van der Waals surface area contributed by atoms with Gasteiger partial charge in [0.1, 0.15) is 11.1 Å². The summed E-state index contributed by atoms with van der Waals surface area (Å²) in [6.45, 7) is 8.77. The van der Waals surface area contributed by atoms with Gasteiger partial charge in [0.05, 0.1) is 5.69 Å². The van der Waals surface area contributed by atoms with Crippen LogP contribution in [0.3, 0.4) is 0 Å². The molecule has 1 N–H and O–H groups in total. The number of nitrogens with one attached hydrogen (secondary N) is 1. The number of aromatic amines is 1. The van der Waals surface area contributed by atoms with Gasteiger partial charge in [-0.3, -0.25) is 10.00 Å². The van der Waals surface area contributed by atoms with E-state index in [1.54, 1.807) is 33.8 Å². The minimum atomic E-state index is -1.16. The first-order valence-corrected chi connectivity index (χ1v) is 6.06. The molecule has 0 bridgehead atoms. The Morgan fingerprint density at radius 3 is 2.37 bits per heavy atom. The number of carbonyl (C=O) groups is 2. The highest BCUT2D eigenvalue weighted by atomic mass is 16.6. The van der Waals surface area contributed by atoms with Crippen LogP contribution in [0.25, 0.3) is 0 Å². The Morgan fingerprint density at radius 2 is 2.00 bits per heavy atom. The Bertz CT molecular complexity index is 476. The number of rotatable bonds is 3. The van der Waals surface area contributed by atoms with Crippen molar-refractivity contribution in [3.8, 4) is 0 Å². The van der Waals surface area contributed by atoms with E-state index in [1.807, 2.05) is 6.92 Å². The fourth-order valence-electron chi connectivity index (χ4n) is 1.51. The molecule has 0 fully saturated rings. The average Bonchev–Trinajstić information content (AvgIpc) is 2.72. The summed E-state index contributed by atoms with van der Waals surface area (Å²) in [5, 5.41) is 6.82. The number of hydrogen-bond acceptors (Lipinski definition) is 4. The molecule has 0 aromatic carbocycles. The van der Waals surface area contributed by atoms with Crippen LogP contribution in [0.1, 0.15) is 39.1 Å². The van der Waals surface area contributed by atoms with E-state index in [9.17, 15) is 9.59 Å². The number of aryl methyl sites for hydroxylation is 1. The zero-order valence-electron chi connectivity index (χ0n) is 12.3. The molecule has 1 heterocycles. The maximum absolute atomic E-state index is 12.1. The molecule has 106 valence electrons. The summed E-state index contributed by atoms with van der Waals surface area (Å²) in [7, 11) is 1.52. The first kappa shape index (κ1) is 15.2. The second kappa shape index (κ2) is 5.03. The highest BCUT2D eigenvalue weighted by molar-refractivity contribution is 5.77. The van der Waals surface area contributed by atoms with Gasteiger partial charge in [-0.25, -0.2) is 4.79 Å². The lowest BCUT2D eigenvalue weighted by Gasteiger charge is -2.34. The summed E-state index contributed by atoms with van der Waals surface area (Å²) in [6, 6.07) is 1.73. The number of aldehydes is 1. The van der Waals surface area contributed by atoms with Crippen molar-refractivity contribution in [1.82, 2.24) is 15.1 Å². The number of ether oxygens (including phenoxy) is 1. The summed E-state index contributed by atoms with van der Waals surface area (Å²) in [5.74, 6) is 0. The van der Waals surface area contributed by atoms with Gasteiger partial charge in [-0.15, -0.1) is 0 Å². The Labute approximate surface area is 113 Å². The predicted molar refractivity (Wildman–Crippen MR) is 70.7 cm³/mol. The average molecular weight is 267 g/mol. The summed E-state index contributed by atoms with van der Waals surface area (Å²) in [6.07, 6.45) is 0.120. The Hall–Kier alpha value is -1.85. The van der Waals surface area contributed by atoms with Crippen molar-refractivity contribution in [3.05, 3.63) is 17.5 Å². The molecule has 0 aliphatic rings. The molecular weight excluding hydrogens is 246 g/mol. The van der Waals surface area contributed by atoms with Crippen molar-refractivity contribution < 1.29 is 14.3 Å². The zero-order valence-corrected chi connectivity index (χ0v) is 12.3. The third-order valence-electron chi connectivity index (χ3n) is 2.82. The first-order valence-electron chi connectivity index (χ1n) is 6.06. The molecular formula is C13H21N3O3. The molecule has 6 nitrogen and oxygen atoms in total. The van der Waals surface area contributed by atoms with Crippen molar-refractivity contribution in [3.63, 3.8) is 0 Å². The first-order chi connectivity index (χ1) is 8.60. The van der Waals surface area contributed by atoms with Gasteiger partial charge in [0.2, 0.25) is 0 Å². The Morgan fingerprint density at radius 1 is 1.42 bits per heavy atom. The van der Waals surface area contributed by atoms with E-state index in [-0.39, 0.29) is 0 Å². The molecule has 0 radical (unpaired) electrons. The maximum atomic E-state index is 12.1. The molecule has 1 atom stereocenters. The van der Waals surface area contributed by atoms with E-state index in [0.717, 1.165) is 5.69 Å². The van der Waals surface area contributed by atoms with Crippen LogP contribution >= 0.6 is 0 Å². The SMILES string of the molecule is Cc1cc(C(C)(C=O)N(C)C(=O)OC(C)(C)C)n[nH]1. The van der Waals surface area contributed by atoms with Crippen molar-refractivity contribution >= 4 is 12.4 Å². The number of H-pyrrole nitrogens is 1. The fraction of sp³-hybridized carbons (Fsp3) is 0.615. The van der Waals surface area contributed by atoms with E-state index in [4.69, 9.17) is 4.74 Å². The second-order valence-corrected chi connectivity index (χ2v) is 5.74. The topological polar surface area (TPSA) is 75.3 Å². The highest BCUT2D eigenvalue weighted by Gasteiger charge is 2.38. The van der Waals surface area contributed by atoms with Crippen molar-refractivity contribution in [2.75, 3.05) is 7.05 Å². The fourth-order valence-corrected chi connectivity index (χ4v) is 1.51. The summed E-state index contributed by atoms with van der Waals surface area (Å²) in [4.78, 5) is 24.7. The number of amides is 1. The van der Waals surface area contributed by atoms with Crippen LogP contribution < -0.4 is 0 Å². The van der Waals surface area contributed by atoms with Crippen LogP contribution in [-0.4, -0.2) is 40.1 Å². The molecule has 0 aliphatic heterocycles. The van der Waals surface area contributed by atoms with Crippen LogP contribution in [0.15, 0.2) is 6.07 Å². The quantitative estimate of drug-likeness (QED) is 0.850. The molecule has 19 heavy (non-hydrogen) atoms. The molecule has 0 spiro atoms. The zero-order chi connectivity index (χ0) is 14.8. The lowest BCUT2D eigenvalue weighted by atomic mass is 9.98. The number of aromatic nitrogens is 2. The van der Waals surface area contributed by atoms with Gasteiger partial charge in [0, 0.05) is 12.7 Å². The van der Waals surface area contributed by atoms with Crippen molar-refractivity contribution in [2.45, 2.75) is 45.8 Å². The molecule has 1 unspecified atom stereocenters. The minimum absolute atomic E-state index is 0.480. The molecule has 1 rings (SSSR count). The Balaban J connectivity index is 3.02. The van der Waals surface area contributed by atoms with E-state index in [1.165, 1.54) is 11.9 Å². The van der Waals surface area contributed by atoms with Crippen molar-refractivity contribution in [2.24, 2.45) is 0 Å². The normalized spacial score (nSPS) is 14.6. The molecule has 1 aromatic heterocycles. The minimum Gasteiger partial charge on any atom is -0.444 e. The summed E-state index contributed by atoms with van der Waals surface area (Å²) < 4.78 is 5.27. The van der Waals surface area contributed by atoms with E-state index in [0.29, 0.717) is 12.0 Å². The summed E-state index contributed by atoms with van der Waals surface area (Å²) >= 11 is 0. The monoisotopic (exact) mass is 267 g/mol. The second-order valence-electron chi connectivity index (χ2n) is 5.74. The molecule has 0 aliphatic carbocycles. The van der Waals surface area contributed by atoms with Gasteiger partial charge in [-0.05, 0) is 40.7 Å². The third-order valence-corrected chi connectivity index (χ3v) is 2.82. The maximum Gasteiger partial charge on any atom is 0.411 e. The molecule has 6 heteroatoms. The molecule has 0 saturated heterocycles. The predicted octanol–water partition coefficient (Wildman–Crippen LogP) is 2.00. The number of nitrogens with zero attached hydrogens (tertiary/aromatic N) is 2. The highest BCUT2D eigenvalue weighted by Crippen LogP contribution is 2.25. The van der Waals surface area contributed by atoms with Gasteiger partial charge in [0.25, 0.3) is 0 Å². The van der Waals surface area contributed by atoms with Crippen LogP contribution in [0, 0.1) is 6.92 Å². The molecule has 0 saturated carbocycles. The van der Waals surface area contributed by atoms with E-state index >= 15 is 0 Å². The lowest BCUT2D eigenvalue weighted by Crippen LogP contribution is -2.48. The van der Waals surface area contributed by atoms with Crippen LogP contribution in [-0.2, 0) is 15.1 Å².